The van der Waals surface area contributed by atoms with Gasteiger partial charge in [-0.05, 0) is 105 Å². The van der Waals surface area contributed by atoms with Gasteiger partial charge in [0.25, 0.3) is 5.69 Å². The quantitative estimate of drug-likeness (QED) is 0.105. The minimum Gasteiger partial charge on any atom is -0.533 e. The highest BCUT2D eigenvalue weighted by Gasteiger charge is 2.36. The molecule has 6 aromatic rings. The molecule has 8 nitrogen and oxygen atoms in total. The summed E-state index contributed by atoms with van der Waals surface area (Å²) in [7, 11) is 0.405. The van der Waals surface area contributed by atoms with Crippen molar-refractivity contribution in [3.8, 4) is 39.1 Å². The third kappa shape index (κ3) is 7.53. The van der Waals surface area contributed by atoms with E-state index in [2.05, 4.69) is 147 Å². The number of rotatable bonds is 5. The Morgan fingerprint density at radius 2 is 0.926 bits per heavy atom. The summed E-state index contributed by atoms with van der Waals surface area (Å²) in [5.74, 6) is 0.0185. The minimum atomic E-state index is -0.584. The van der Waals surface area contributed by atoms with Gasteiger partial charge in [-0.3, -0.25) is 20.2 Å². The molecular weight excluding hydrogens is 879 g/mol. The summed E-state index contributed by atoms with van der Waals surface area (Å²) in [5, 5.41) is 30.0. The second-order valence-electron chi connectivity index (χ2n) is 13.8. The van der Waals surface area contributed by atoms with E-state index in [1.54, 1.807) is 18.2 Å². The molecule has 0 aromatic heterocycles. The van der Waals surface area contributed by atoms with E-state index in [-0.39, 0.29) is 32.9 Å². The molecule has 0 saturated heterocycles. The minimum absolute atomic E-state index is 0.0185. The van der Waals surface area contributed by atoms with Crippen LogP contribution in [0.4, 0.5) is 11.4 Å². The highest BCUT2D eigenvalue weighted by atomic mass is 79.9. The molecule has 6 aromatic carbocycles. The number of nitro groups is 2. The molecule has 0 heterocycles. The van der Waals surface area contributed by atoms with E-state index >= 15 is 0 Å². The fourth-order valence-electron chi connectivity index (χ4n) is 7.26. The van der Waals surface area contributed by atoms with E-state index in [1.807, 2.05) is 18.2 Å². The van der Waals surface area contributed by atoms with Crippen LogP contribution in [0.3, 0.4) is 0 Å². The highest BCUT2D eigenvalue weighted by Crippen LogP contribution is 2.51. The number of hydrogen-bond donors (Lipinski definition) is 1. The molecule has 0 aliphatic heterocycles. The van der Waals surface area contributed by atoms with Crippen molar-refractivity contribution in [1.82, 2.24) is 0 Å². The predicted molar refractivity (Wildman–Crippen MR) is 225 cm³/mol. The Balaban J connectivity index is 0.000000149. The number of nitrogens with zero attached hydrogens (tertiary/aromatic N) is 2. The van der Waals surface area contributed by atoms with E-state index in [0.29, 0.717) is 13.2 Å². The average molecular weight is 912 g/mol. The van der Waals surface area contributed by atoms with Gasteiger partial charge in [0.15, 0.2) is 5.75 Å². The Morgan fingerprint density at radius 3 is 1.37 bits per heavy atom. The van der Waals surface area contributed by atoms with Crippen molar-refractivity contribution in [3.63, 3.8) is 0 Å². The zero-order valence-corrected chi connectivity index (χ0v) is 34.4. The molecule has 0 amide bonds. The van der Waals surface area contributed by atoms with E-state index < -0.39 is 4.92 Å². The van der Waals surface area contributed by atoms with E-state index in [0.717, 1.165) is 24.5 Å². The van der Waals surface area contributed by atoms with Crippen LogP contribution in [0.2, 0.25) is 0 Å². The Morgan fingerprint density at radius 1 is 0.537 bits per heavy atom. The number of benzene rings is 6. The van der Waals surface area contributed by atoms with Gasteiger partial charge in [0, 0.05) is 36.4 Å². The van der Waals surface area contributed by atoms with Crippen molar-refractivity contribution in [2.45, 2.75) is 38.5 Å². The molecule has 271 valence electrons. The Hall–Kier alpha value is -4.62. The van der Waals surface area contributed by atoms with Crippen molar-refractivity contribution in [3.05, 3.63) is 177 Å². The second kappa shape index (κ2) is 15.6. The first-order valence-corrected chi connectivity index (χ1v) is 19.2. The van der Waals surface area contributed by atoms with Crippen molar-refractivity contribution in [2.75, 3.05) is 0 Å². The first-order valence-electron chi connectivity index (χ1n) is 16.8. The fourth-order valence-corrected chi connectivity index (χ4v) is 8.35. The molecule has 1 N–H and O–H groups in total. The van der Waals surface area contributed by atoms with Crippen LogP contribution >= 0.6 is 47.8 Å². The average Bonchev–Trinajstić information content (AvgIpc) is 3.49. The summed E-state index contributed by atoms with van der Waals surface area (Å²) in [6.07, 6.45) is 0. The summed E-state index contributed by atoms with van der Waals surface area (Å²) in [4.78, 5) is 20.8. The van der Waals surface area contributed by atoms with E-state index in [1.165, 1.54) is 57.1 Å². The second-order valence-corrected chi connectivity index (χ2v) is 16.5. The highest BCUT2D eigenvalue weighted by molar-refractivity contribution is 9.11. The lowest BCUT2D eigenvalue weighted by Crippen LogP contribution is -2.14. The lowest BCUT2D eigenvalue weighted by Gasteiger charge is -2.21. The Labute approximate surface area is 339 Å². The van der Waals surface area contributed by atoms with Crippen molar-refractivity contribution in [2.24, 2.45) is 0 Å². The first kappa shape index (κ1) is 39.1. The lowest BCUT2D eigenvalue weighted by atomic mass is 9.82. The SMILES string of the molecule is CC1(C)c2ccc(Br)cc2-c2cc(-c3ccccc3[N+](=O)[O-])ccc21.CC1(C)c2ccc(Br)cc2-c2cc(Br)ccc21.O=[N+]([O-])c1ccccc1O[B]O. The number of halogens is 3. The number of para-hydroxylation sites is 3. The monoisotopic (exact) mass is 909 g/mol. The maximum absolute atomic E-state index is 11.4. The van der Waals surface area contributed by atoms with Crippen LogP contribution in [0.1, 0.15) is 49.9 Å². The molecule has 0 unspecified atom stereocenters. The molecule has 8 rings (SSSR count). The molecular formula is C42H33BBr3N2O6. The van der Waals surface area contributed by atoms with Gasteiger partial charge in [-0.2, -0.15) is 0 Å². The van der Waals surface area contributed by atoms with Crippen molar-refractivity contribution in [1.29, 1.82) is 0 Å². The molecule has 0 spiro atoms. The Kier molecular flexibility index (Phi) is 11.3. The molecule has 0 saturated carbocycles. The zero-order chi connectivity index (χ0) is 38.9. The molecule has 0 bridgehead atoms. The zero-order valence-electron chi connectivity index (χ0n) is 29.6. The predicted octanol–water partition coefficient (Wildman–Crippen LogP) is 12.3. The summed E-state index contributed by atoms with van der Waals surface area (Å²) in [6.45, 7) is 9.02. The molecule has 1 radical (unpaired) electrons. The molecule has 0 atom stereocenters. The summed E-state index contributed by atoms with van der Waals surface area (Å²) >= 11 is 10.7. The van der Waals surface area contributed by atoms with Gasteiger partial charge in [0.1, 0.15) is 0 Å². The number of nitro benzene ring substituents is 2. The number of fused-ring (bicyclic) bond motifs is 6. The van der Waals surface area contributed by atoms with Gasteiger partial charge in [-0.1, -0.05) is 130 Å². The van der Waals surface area contributed by atoms with Crippen LogP contribution in [0.25, 0.3) is 33.4 Å². The molecule has 2 aliphatic rings. The smallest absolute Gasteiger partial charge is 0.533 e. The molecule has 12 heteroatoms. The van der Waals surface area contributed by atoms with Crippen LogP contribution in [0, 0.1) is 20.2 Å². The van der Waals surface area contributed by atoms with Crippen molar-refractivity contribution < 1.29 is 19.5 Å². The van der Waals surface area contributed by atoms with Gasteiger partial charge < -0.3 is 9.68 Å². The van der Waals surface area contributed by atoms with E-state index in [4.69, 9.17) is 5.02 Å². The fraction of sp³-hybridized carbons (Fsp3) is 0.143. The summed E-state index contributed by atoms with van der Waals surface area (Å²) in [5.41, 5.74) is 11.9. The van der Waals surface area contributed by atoms with Gasteiger partial charge in [0.2, 0.25) is 0 Å². The van der Waals surface area contributed by atoms with Crippen molar-refractivity contribution >= 4 is 66.8 Å². The lowest BCUT2D eigenvalue weighted by molar-refractivity contribution is -0.385. The topological polar surface area (TPSA) is 116 Å². The van der Waals surface area contributed by atoms with Crippen LogP contribution in [0.15, 0.2) is 135 Å². The van der Waals surface area contributed by atoms with Crippen LogP contribution < -0.4 is 4.65 Å². The third-order valence-corrected chi connectivity index (χ3v) is 11.4. The maximum atomic E-state index is 11.4. The van der Waals surface area contributed by atoms with Gasteiger partial charge in [-0.15, -0.1) is 0 Å². The maximum Gasteiger partial charge on any atom is 0.569 e. The van der Waals surface area contributed by atoms with Gasteiger partial charge in [-0.25, -0.2) is 0 Å². The van der Waals surface area contributed by atoms with Crippen LogP contribution in [0.5, 0.6) is 5.75 Å². The number of hydrogen-bond acceptors (Lipinski definition) is 6. The first-order chi connectivity index (χ1) is 25.6. The van der Waals surface area contributed by atoms with Gasteiger partial charge >= 0.3 is 13.4 Å². The summed E-state index contributed by atoms with van der Waals surface area (Å²) in [6, 6.07) is 38.3. The van der Waals surface area contributed by atoms with Crippen LogP contribution in [-0.4, -0.2) is 22.6 Å². The normalized spacial score (nSPS) is 13.4. The van der Waals surface area contributed by atoms with Crippen LogP contribution in [-0.2, 0) is 10.8 Å². The standard InChI is InChI=1S/C21H16BrNO2.C15H12Br2.C6H5BNO4/c1-21(2)18-9-7-13(15-5-3-4-6-20(15)23(24)25)11-16(18)17-12-14(22)8-10-19(17)21;1-15(2)13-5-3-9(16)7-11(13)12-8-10(17)4-6-14(12)15;9-7-12-6-4-2-1-3-5(6)8(10)11/h3-12H,1-2H3;3-8H,1-2H3;1-4,9H. The Bertz CT molecular complexity index is 2380. The molecule has 2 aliphatic carbocycles. The third-order valence-electron chi connectivity index (χ3n) is 9.89. The molecule has 54 heavy (non-hydrogen) atoms. The van der Waals surface area contributed by atoms with E-state index in [9.17, 15) is 20.2 Å². The molecule has 0 fully saturated rings. The van der Waals surface area contributed by atoms with Gasteiger partial charge in [0.05, 0.1) is 15.4 Å². The summed E-state index contributed by atoms with van der Waals surface area (Å²) < 4.78 is 7.80. The largest absolute Gasteiger partial charge is 0.569 e.